The van der Waals surface area contributed by atoms with Crippen LogP contribution in [0.4, 0.5) is 0 Å². The van der Waals surface area contributed by atoms with Gasteiger partial charge in [-0.25, -0.2) is 0 Å². The molecule has 0 radical (unpaired) electrons. The molecule has 0 saturated heterocycles. The van der Waals surface area contributed by atoms with Gasteiger partial charge in [0.15, 0.2) is 0 Å². The minimum Gasteiger partial charge on any atom is -0.458 e. The van der Waals surface area contributed by atoms with Crippen LogP contribution < -0.4 is 0 Å². The van der Waals surface area contributed by atoms with Crippen LogP contribution in [0, 0.1) is 0 Å². The van der Waals surface area contributed by atoms with Crippen LogP contribution in [0.1, 0.15) is 18.2 Å². The van der Waals surface area contributed by atoms with E-state index in [0.29, 0.717) is 27.0 Å². The highest BCUT2D eigenvalue weighted by atomic mass is 35.5. The zero-order valence-corrected chi connectivity index (χ0v) is 12.2. The molecule has 102 valence electrons. The van der Waals surface area contributed by atoms with E-state index in [1.807, 2.05) is 6.07 Å². The molecule has 0 spiro atoms. The van der Waals surface area contributed by atoms with Gasteiger partial charge in [-0.05, 0) is 48.9 Å². The third-order valence-electron chi connectivity index (χ3n) is 3.34. The SMILES string of the molecule is CC(O)(c1cccc(Cl)c1)c1cc2cc(Cl)ccc2o1. The van der Waals surface area contributed by atoms with Crippen LogP contribution in [-0.4, -0.2) is 5.11 Å². The predicted molar refractivity (Wildman–Crippen MR) is 81.3 cm³/mol. The highest BCUT2D eigenvalue weighted by Gasteiger charge is 2.29. The molecule has 0 aliphatic carbocycles. The van der Waals surface area contributed by atoms with Crippen molar-refractivity contribution in [3.05, 3.63) is 69.9 Å². The number of aliphatic hydroxyl groups is 1. The third kappa shape index (κ3) is 2.31. The van der Waals surface area contributed by atoms with E-state index in [2.05, 4.69) is 0 Å². The van der Waals surface area contributed by atoms with E-state index in [4.69, 9.17) is 27.6 Å². The van der Waals surface area contributed by atoms with E-state index >= 15 is 0 Å². The average Bonchev–Trinajstić information content (AvgIpc) is 2.82. The van der Waals surface area contributed by atoms with Crippen molar-refractivity contribution in [2.45, 2.75) is 12.5 Å². The Kier molecular flexibility index (Phi) is 3.25. The largest absolute Gasteiger partial charge is 0.458 e. The standard InChI is InChI=1S/C16H12Cl2O2/c1-16(19,11-3-2-4-12(17)9-11)15-8-10-7-13(18)5-6-14(10)20-15/h2-9,19H,1H3. The second-order valence-corrected chi connectivity index (χ2v) is 5.75. The molecular formula is C16H12Cl2O2. The van der Waals surface area contributed by atoms with Crippen LogP contribution in [0.5, 0.6) is 0 Å². The van der Waals surface area contributed by atoms with Crippen molar-refractivity contribution >= 4 is 34.2 Å². The van der Waals surface area contributed by atoms with Crippen LogP contribution in [0.25, 0.3) is 11.0 Å². The van der Waals surface area contributed by atoms with Gasteiger partial charge < -0.3 is 9.52 Å². The zero-order valence-electron chi connectivity index (χ0n) is 10.7. The van der Waals surface area contributed by atoms with Gasteiger partial charge in [0.2, 0.25) is 0 Å². The summed E-state index contributed by atoms with van der Waals surface area (Å²) in [6, 6.07) is 14.2. The Morgan fingerprint density at radius 2 is 1.75 bits per heavy atom. The van der Waals surface area contributed by atoms with Crippen molar-refractivity contribution in [2.24, 2.45) is 0 Å². The number of furan rings is 1. The summed E-state index contributed by atoms with van der Waals surface area (Å²) in [5.41, 5.74) is 0.109. The molecule has 0 bridgehead atoms. The molecule has 0 amide bonds. The average molecular weight is 307 g/mol. The molecule has 1 aromatic heterocycles. The van der Waals surface area contributed by atoms with Gasteiger partial charge in [-0.15, -0.1) is 0 Å². The second-order valence-electron chi connectivity index (χ2n) is 4.88. The summed E-state index contributed by atoms with van der Waals surface area (Å²) in [5, 5.41) is 12.8. The fourth-order valence-corrected chi connectivity index (χ4v) is 2.56. The van der Waals surface area contributed by atoms with Gasteiger partial charge in [0.1, 0.15) is 16.9 Å². The summed E-state index contributed by atoms with van der Waals surface area (Å²) in [5.74, 6) is 0.456. The first kappa shape index (κ1) is 13.5. The van der Waals surface area contributed by atoms with E-state index in [1.165, 1.54) is 0 Å². The third-order valence-corrected chi connectivity index (χ3v) is 3.82. The van der Waals surface area contributed by atoms with Crippen LogP contribution >= 0.6 is 23.2 Å². The van der Waals surface area contributed by atoms with E-state index in [1.54, 1.807) is 49.4 Å². The second kappa shape index (κ2) is 4.81. The smallest absolute Gasteiger partial charge is 0.144 e. The van der Waals surface area contributed by atoms with Gasteiger partial charge >= 0.3 is 0 Å². The summed E-state index contributed by atoms with van der Waals surface area (Å²) in [6.45, 7) is 1.68. The lowest BCUT2D eigenvalue weighted by Crippen LogP contribution is -2.21. The van der Waals surface area contributed by atoms with Crippen molar-refractivity contribution in [3.63, 3.8) is 0 Å². The van der Waals surface area contributed by atoms with Crippen molar-refractivity contribution in [2.75, 3.05) is 0 Å². The quantitative estimate of drug-likeness (QED) is 0.723. The molecule has 1 heterocycles. The molecule has 4 heteroatoms. The normalized spacial score (nSPS) is 14.4. The first-order valence-electron chi connectivity index (χ1n) is 6.15. The fraction of sp³-hybridized carbons (Fsp3) is 0.125. The fourth-order valence-electron chi connectivity index (χ4n) is 2.19. The van der Waals surface area contributed by atoms with E-state index < -0.39 is 5.60 Å². The topological polar surface area (TPSA) is 33.4 Å². The minimum absolute atomic E-state index is 0.456. The molecule has 1 N–H and O–H groups in total. The predicted octanol–water partition coefficient (Wildman–Crippen LogP) is 5.00. The van der Waals surface area contributed by atoms with Crippen LogP contribution in [-0.2, 0) is 5.60 Å². The first-order chi connectivity index (χ1) is 9.46. The lowest BCUT2D eigenvalue weighted by molar-refractivity contribution is 0.0786. The molecule has 3 aromatic rings. The molecule has 0 saturated carbocycles. The Hall–Kier alpha value is -1.48. The molecule has 1 unspecified atom stereocenters. The molecule has 2 aromatic carbocycles. The van der Waals surface area contributed by atoms with Gasteiger partial charge in [0, 0.05) is 15.4 Å². The summed E-state index contributed by atoms with van der Waals surface area (Å²) in [7, 11) is 0. The van der Waals surface area contributed by atoms with Gasteiger partial charge in [0.05, 0.1) is 0 Å². The van der Waals surface area contributed by atoms with Crippen molar-refractivity contribution in [1.29, 1.82) is 0 Å². The van der Waals surface area contributed by atoms with Crippen LogP contribution in [0.2, 0.25) is 10.0 Å². The number of hydrogen-bond acceptors (Lipinski definition) is 2. The Morgan fingerprint density at radius 1 is 1.00 bits per heavy atom. The molecule has 0 aliphatic heterocycles. The molecule has 20 heavy (non-hydrogen) atoms. The monoisotopic (exact) mass is 306 g/mol. The highest BCUT2D eigenvalue weighted by Crippen LogP contribution is 2.34. The molecule has 1 atom stereocenters. The minimum atomic E-state index is -1.25. The van der Waals surface area contributed by atoms with Crippen LogP contribution in [0.3, 0.4) is 0 Å². The van der Waals surface area contributed by atoms with Gasteiger partial charge in [0.25, 0.3) is 0 Å². The van der Waals surface area contributed by atoms with Crippen molar-refractivity contribution < 1.29 is 9.52 Å². The van der Waals surface area contributed by atoms with Gasteiger partial charge in [-0.2, -0.15) is 0 Å². The number of halogens is 2. The number of fused-ring (bicyclic) bond motifs is 1. The van der Waals surface area contributed by atoms with E-state index in [0.717, 1.165) is 5.39 Å². The molecule has 0 fully saturated rings. The van der Waals surface area contributed by atoms with E-state index in [-0.39, 0.29) is 0 Å². The molecule has 2 nitrogen and oxygen atoms in total. The number of hydrogen-bond donors (Lipinski definition) is 1. The summed E-state index contributed by atoms with van der Waals surface area (Å²) < 4.78 is 5.73. The lowest BCUT2D eigenvalue weighted by Gasteiger charge is -2.21. The number of benzene rings is 2. The van der Waals surface area contributed by atoms with Crippen molar-refractivity contribution in [1.82, 2.24) is 0 Å². The Bertz CT molecular complexity index is 775. The Balaban J connectivity index is 2.13. The van der Waals surface area contributed by atoms with Gasteiger partial charge in [-0.3, -0.25) is 0 Å². The Morgan fingerprint density at radius 3 is 2.50 bits per heavy atom. The Labute approximate surface area is 126 Å². The summed E-state index contributed by atoms with van der Waals surface area (Å²) in [4.78, 5) is 0. The summed E-state index contributed by atoms with van der Waals surface area (Å²) in [6.07, 6.45) is 0. The molecule has 0 aliphatic rings. The molecule has 3 rings (SSSR count). The summed E-state index contributed by atoms with van der Waals surface area (Å²) >= 11 is 11.9. The van der Waals surface area contributed by atoms with E-state index in [9.17, 15) is 5.11 Å². The lowest BCUT2D eigenvalue weighted by atomic mass is 9.93. The van der Waals surface area contributed by atoms with Crippen LogP contribution in [0.15, 0.2) is 52.9 Å². The maximum absolute atomic E-state index is 10.8. The zero-order chi connectivity index (χ0) is 14.3. The molecular weight excluding hydrogens is 295 g/mol. The maximum Gasteiger partial charge on any atom is 0.144 e. The highest BCUT2D eigenvalue weighted by molar-refractivity contribution is 6.31. The van der Waals surface area contributed by atoms with Crippen molar-refractivity contribution in [3.8, 4) is 0 Å². The number of rotatable bonds is 2. The maximum atomic E-state index is 10.8. The first-order valence-corrected chi connectivity index (χ1v) is 6.90. The van der Waals surface area contributed by atoms with Gasteiger partial charge in [-0.1, -0.05) is 35.3 Å².